The van der Waals surface area contributed by atoms with E-state index in [9.17, 15) is 9.59 Å². The molecule has 374 valence electrons. The number of fused-ring (bicyclic) bond motifs is 8. The Labute approximate surface area is 440 Å². The third kappa shape index (κ3) is 11.9. The second kappa shape index (κ2) is 23.2. The van der Waals surface area contributed by atoms with E-state index < -0.39 is 0 Å². The van der Waals surface area contributed by atoms with E-state index in [1.807, 2.05) is 24.3 Å². The number of aromatic nitrogens is 4. The van der Waals surface area contributed by atoms with Crippen LogP contribution in [0.25, 0.3) is 90.9 Å². The Balaban J connectivity index is 0.00000711. The quantitative estimate of drug-likeness (QED) is 0.0618. The first kappa shape index (κ1) is 52.2. The maximum Gasteiger partial charge on any atom is 2.00 e. The second-order valence-electron chi connectivity index (χ2n) is 19.7. The Morgan fingerprint density at radius 2 is 0.767 bits per heavy atom. The second-order valence-corrected chi connectivity index (χ2v) is 19.7. The molecule has 0 atom stereocenters. The number of ether oxygens (including phenoxy) is 2. The van der Waals surface area contributed by atoms with Crippen LogP contribution < -0.4 is 19.4 Å². The zero-order valence-electron chi connectivity index (χ0n) is 43.4. The summed E-state index contributed by atoms with van der Waals surface area (Å²) in [5.41, 5.74) is 21.1. The molecule has 8 bridgehead atoms. The SMILES string of the molecule is CC(=O)CCCCCOc1cccc(-c2c3nc(c(-c4c(C)cc(C)cc4C)c4ccc([n-]4)c(-c4cccc(OCCCCCC(C)=O)c4)c4nc(c(-c5c(C)cc(C)cc5C)c5ccc2[n-]5)C=C4)C=C3)c1.[Ni+2]. The van der Waals surface area contributed by atoms with Crippen LogP contribution in [-0.2, 0) is 26.1 Å². The van der Waals surface area contributed by atoms with Crippen molar-refractivity contribution in [3.8, 4) is 56.0 Å². The van der Waals surface area contributed by atoms with Gasteiger partial charge in [0.15, 0.2) is 0 Å². The molecule has 0 fully saturated rings. The van der Waals surface area contributed by atoms with Crippen LogP contribution in [0.2, 0.25) is 0 Å². The minimum absolute atomic E-state index is 0. The van der Waals surface area contributed by atoms with Gasteiger partial charge in [0, 0.05) is 12.8 Å². The van der Waals surface area contributed by atoms with E-state index in [1.165, 1.54) is 11.1 Å². The van der Waals surface area contributed by atoms with Crippen molar-refractivity contribution in [3.63, 3.8) is 0 Å². The van der Waals surface area contributed by atoms with E-state index in [1.54, 1.807) is 13.8 Å². The third-order valence-corrected chi connectivity index (χ3v) is 13.6. The van der Waals surface area contributed by atoms with Crippen LogP contribution in [0.5, 0.6) is 11.5 Å². The molecule has 0 saturated carbocycles. The minimum Gasteiger partial charge on any atom is -0.657 e. The molecule has 7 aromatic rings. The fourth-order valence-corrected chi connectivity index (χ4v) is 10.5. The van der Waals surface area contributed by atoms with Gasteiger partial charge in [-0.1, -0.05) is 83.9 Å². The van der Waals surface area contributed by atoms with Crippen molar-refractivity contribution in [1.82, 2.24) is 19.9 Å². The van der Waals surface area contributed by atoms with Gasteiger partial charge >= 0.3 is 16.5 Å². The Kier molecular flexibility index (Phi) is 16.6. The van der Waals surface area contributed by atoms with Crippen molar-refractivity contribution < 1.29 is 35.6 Å². The Morgan fingerprint density at radius 1 is 0.425 bits per heavy atom. The van der Waals surface area contributed by atoms with Gasteiger partial charge in [-0.25, -0.2) is 9.97 Å². The Morgan fingerprint density at radius 3 is 1.12 bits per heavy atom. The number of aryl methyl sites for hydroxylation is 6. The topological polar surface area (TPSA) is 107 Å². The van der Waals surface area contributed by atoms with Crippen LogP contribution in [0.1, 0.15) is 121 Å². The fraction of sp³-hybridized carbons (Fsp3) is 0.281. The summed E-state index contributed by atoms with van der Waals surface area (Å²) in [5, 5.41) is 0. The maximum atomic E-state index is 11.5. The fourth-order valence-electron chi connectivity index (χ4n) is 10.5. The van der Waals surface area contributed by atoms with E-state index in [-0.39, 0.29) is 28.1 Å². The zero-order chi connectivity index (χ0) is 50.5. The molecule has 0 saturated heterocycles. The first-order valence-corrected chi connectivity index (χ1v) is 25.5. The molecule has 0 radical (unpaired) electrons. The van der Waals surface area contributed by atoms with Crippen molar-refractivity contribution in [2.75, 3.05) is 13.2 Å². The summed E-state index contributed by atoms with van der Waals surface area (Å²) >= 11 is 0. The van der Waals surface area contributed by atoms with Crippen LogP contribution in [0, 0.1) is 41.5 Å². The monoisotopic (exact) mass is 1010 g/mol. The number of ketones is 2. The molecule has 0 aliphatic carbocycles. The average molecular weight is 1010 g/mol. The van der Waals surface area contributed by atoms with Gasteiger partial charge in [0.25, 0.3) is 0 Å². The summed E-state index contributed by atoms with van der Waals surface area (Å²) in [6.45, 7) is 17.4. The van der Waals surface area contributed by atoms with Gasteiger partial charge in [0.05, 0.1) is 36.0 Å². The van der Waals surface area contributed by atoms with Crippen molar-refractivity contribution in [1.29, 1.82) is 0 Å². The van der Waals surface area contributed by atoms with E-state index in [4.69, 9.17) is 29.4 Å². The maximum absolute atomic E-state index is 11.5. The van der Waals surface area contributed by atoms with E-state index in [0.717, 1.165) is 162 Å². The molecule has 0 unspecified atom stereocenters. The number of benzene rings is 4. The van der Waals surface area contributed by atoms with Crippen LogP contribution in [0.15, 0.2) is 97.1 Å². The molecule has 3 aromatic heterocycles. The van der Waals surface area contributed by atoms with E-state index in [0.29, 0.717) is 26.1 Å². The van der Waals surface area contributed by atoms with Crippen LogP contribution >= 0.6 is 0 Å². The third-order valence-electron chi connectivity index (χ3n) is 13.6. The number of unbranched alkanes of at least 4 members (excludes halogenated alkanes) is 4. The number of rotatable bonds is 18. The summed E-state index contributed by atoms with van der Waals surface area (Å²) in [6, 6.07) is 33.9. The predicted molar refractivity (Wildman–Crippen MR) is 296 cm³/mol. The van der Waals surface area contributed by atoms with Gasteiger partial charge < -0.3 is 29.0 Å². The first-order chi connectivity index (χ1) is 34.8. The van der Waals surface area contributed by atoms with Crippen molar-refractivity contribution in [2.45, 2.75) is 107 Å². The average Bonchev–Trinajstić information content (AvgIpc) is 4.19. The molecule has 2 aliphatic heterocycles. The van der Waals surface area contributed by atoms with E-state index in [2.05, 4.69) is 139 Å². The van der Waals surface area contributed by atoms with Gasteiger partial charge in [-0.2, -0.15) is 0 Å². The number of hydrogen-bond acceptors (Lipinski definition) is 6. The largest absolute Gasteiger partial charge is 2.00 e. The standard InChI is InChI=1S/C64H64N4O4.Ni/c1-39-33-41(3)59(42(4)34-39)63-55-27-23-51(65-55)61(47-19-15-21-49(37-47)71-31-13-9-11-17-45(7)69)53-25-29-57(67-53)64(60-43(5)35-40(2)36-44(60)6)58-30-26-54(68-58)62(52-24-28-56(63)66-52)48-20-16-22-50(38-48)72-32-14-10-12-18-46(8)70;/h15-16,19-30,33-38H,9-14,17-18,31-32H2,1-8H3;/q-2;+2. The van der Waals surface area contributed by atoms with E-state index >= 15 is 0 Å². The molecule has 5 heterocycles. The first-order valence-electron chi connectivity index (χ1n) is 25.5. The molecule has 8 nitrogen and oxygen atoms in total. The van der Waals surface area contributed by atoms with Crippen LogP contribution in [-0.4, -0.2) is 34.7 Å². The minimum atomic E-state index is 0. The molecule has 2 aliphatic rings. The molecule has 73 heavy (non-hydrogen) atoms. The normalized spacial score (nSPS) is 11.7. The van der Waals surface area contributed by atoms with Crippen LogP contribution in [0.4, 0.5) is 0 Å². The summed E-state index contributed by atoms with van der Waals surface area (Å²) in [7, 11) is 0. The van der Waals surface area contributed by atoms with Gasteiger partial charge in [-0.3, -0.25) is 0 Å². The summed E-state index contributed by atoms with van der Waals surface area (Å²) in [5.74, 6) is 1.97. The molecule has 4 aromatic carbocycles. The molecule has 0 amide bonds. The van der Waals surface area contributed by atoms with Gasteiger partial charge in [-0.15, -0.1) is 22.1 Å². The molecule has 0 spiro atoms. The molecule has 0 N–H and O–H groups in total. The smallest absolute Gasteiger partial charge is 0.657 e. The number of carbonyl (C=O) groups excluding carboxylic acids is 2. The molecule has 9 heteroatoms. The van der Waals surface area contributed by atoms with Gasteiger partial charge in [0.2, 0.25) is 0 Å². The Bertz CT molecular complexity index is 3190. The number of carbonyl (C=O) groups is 2. The summed E-state index contributed by atoms with van der Waals surface area (Å²) in [6.07, 6.45) is 15.0. The van der Waals surface area contributed by atoms with Gasteiger partial charge in [0.1, 0.15) is 23.1 Å². The zero-order valence-corrected chi connectivity index (χ0v) is 44.3. The number of Topliss-reactive ketones (excluding diaryl/α,β-unsaturated/α-hetero) is 2. The molecular formula is C64H64N4NiO4. The van der Waals surface area contributed by atoms with Crippen molar-refractivity contribution >= 4 is 57.9 Å². The van der Waals surface area contributed by atoms with Crippen molar-refractivity contribution in [3.05, 3.63) is 153 Å². The predicted octanol–water partition coefficient (Wildman–Crippen LogP) is 15.5. The van der Waals surface area contributed by atoms with Crippen molar-refractivity contribution in [2.24, 2.45) is 0 Å². The molecule has 9 rings (SSSR count). The molecular weight excluding hydrogens is 947 g/mol. The number of nitrogens with zero attached hydrogens (tertiary/aromatic N) is 4. The Hall–Kier alpha value is -7.09. The van der Waals surface area contributed by atoms with Crippen LogP contribution in [0.3, 0.4) is 0 Å². The summed E-state index contributed by atoms with van der Waals surface area (Å²) in [4.78, 5) is 45.3. The summed E-state index contributed by atoms with van der Waals surface area (Å²) < 4.78 is 12.7. The van der Waals surface area contributed by atoms with Gasteiger partial charge in [-0.05, 0) is 209 Å². The number of hydrogen-bond donors (Lipinski definition) is 0.